The van der Waals surface area contributed by atoms with Gasteiger partial charge in [0.2, 0.25) is 5.91 Å². The molecule has 1 aromatic rings. The lowest BCUT2D eigenvalue weighted by Gasteiger charge is -2.27. The molecule has 1 saturated carbocycles. The minimum Gasteiger partial charge on any atom is -0.352 e. The highest BCUT2D eigenvalue weighted by Gasteiger charge is 2.43. The summed E-state index contributed by atoms with van der Waals surface area (Å²) in [5, 5.41) is 3.40. The average molecular weight is 358 g/mol. The molecule has 0 saturated heterocycles. The number of sulfone groups is 1. The van der Waals surface area contributed by atoms with Gasteiger partial charge < -0.3 is 5.32 Å². The molecule has 0 heterocycles. The van der Waals surface area contributed by atoms with Gasteiger partial charge in [0, 0.05) is 11.1 Å². The highest BCUT2D eigenvalue weighted by molar-refractivity contribution is 7.93. The zero-order valence-electron chi connectivity index (χ0n) is 13.6. The second-order valence-corrected chi connectivity index (χ2v) is 9.56. The second-order valence-electron chi connectivity index (χ2n) is 6.63. The molecule has 0 aromatic heterocycles. The highest BCUT2D eigenvalue weighted by atomic mass is 35.5. The van der Waals surface area contributed by atoms with Crippen molar-refractivity contribution in [1.29, 1.82) is 0 Å². The molecule has 0 spiro atoms. The molecule has 0 unspecified atom stereocenters. The summed E-state index contributed by atoms with van der Waals surface area (Å²) in [5.41, 5.74) is 0. The first-order chi connectivity index (χ1) is 10.7. The van der Waals surface area contributed by atoms with Crippen LogP contribution in [0, 0.1) is 0 Å². The van der Waals surface area contributed by atoms with Crippen molar-refractivity contribution >= 4 is 27.3 Å². The number of nitrogens with one attached hydrogen (secondary N) is 1. The Morgan fingerprint density at radius 1 is 1.09 bits per heavy atom. The molecule has 6 heteroatoms. The molecule has 1 aliphatic rings. The number of benzene rings is 1. The smallest absolute Gasteiger partial charge is 0.241 e. The number of carbonyl (C=O) groups is 1. The van der Waals surface area contributed by atoms with Gasteiger partial charge in [-0.3, -0.25) is 4.79 Å². The fourth-order valence-corrected chi connectivity index (χ4v) is 4.33. The van der Waals surface area contributed by atoms with Crippen LogP contribution in [-0.4, -0.2) is 25.1 Å². The van der Waals surface area contributed by atoms with Crippen LogP contribution < -0.4 is 5.32 Å². The lowest BCUT2D eigenvalue weighted by atomic mass is 10.1. The molecule has 0 bridgehead atoms. The van der Waals surface area contributed by atoms with E-state index in [9.17, 15) is 13.2 Å². The Morgan fingerprint density at radius 3 is 2.13 bits per heavy atom. The van der Waals surface area contributed by atoms with Crippen LogP contribution in [0.1, 0.15) is 52.4 Å². The molecule has 128 valence electrons. The fraction of sp³-hybridized carbons (Fsp3) is 0.588. The van der Waals surface area contributed by atoms with Crippen molar-refractivity contribution in [2.75, 3.05) is 0 Å². The van der Waals surface area contributed by atoms with Crippen molar-refractivity contribution in [2.24, 2.45) is 0 Å². The Kier molecular flexibility index (Phi) is 5.74. The fourth-order valence-electron chi connectivity index (χ4n) is 2.81. The predicted octanol–water partition coefficient (Wildman–Crippen LogP) is 3.73. The SMILES string of the molecule is CC(C)(C(=O)NC1CCCCCC1)S(=O)(=O)c1ccc(Cl)cc1. The van der Waals surface area contributed by atoms with Crippen LogP contribution in [0.4, 0.5) is 0 Å². The third kappa shape index (κ3) is 4.07. The molecule has 1 aromatic carbocycles. The van der Waals surface area contributed by atoms with Gasteiger partial charge in [0.1, 0.15) is 4.75 Å². The van der Waals surface area contributed by atoms with E-state index in [0.29, 0.717) is 5.02 Å². The van der Waals surface area contributed by atoms with Gasteiger partial charge in [-0.2, -0.15) is 0 Å². The van der Waals surface area contributed by atoms with E-state index in [4.69, 9.17) is 11.6 Å². The van der Waals surface area contributed by atoms with Gasteiger partial charge in [0.25, 0.3) is 0 Å². The Balaban J connectivity index is 2.18. The third-order valence-electron chi connectivity index (χ3n) is 4.53. The molecule has 0 aliphatic heterocycles. The summed E-state index contributed by atoms with van der Waals surface area (Å²) in [7, 11) is -3.79. The summed E-state index contributed by atoms with van der Waals surface area (Å²) in [4.78, 5) is 12.7. The quantitative estimate of drug-likeness (QED) is 0.835. The normalized spacial score (nSPS) is 17.5. The van der Waals surface area contributed by atoms with Crippen LogP contribution >= 0.6 is 11.6 Å². The van der Waals surface area contributed by atoms with Gasteiger partial charge in [0.05, 0.1) is 4.90 Å². The van der Waals surface area contributed by atoms with Crippen molar-refractivity contribution < 1.29 is 13.2 Å². The van der Waals surface area contributed by atoms with Crippen LogP contribution in [0.15, 0.2) is 29.2 Å². The maximum absolute atomic E-state index is 12.8. The van der Waals surface area contributed by atoms with E-state index in [1.165, 1.54) is 51.0 Å². The number of halogens is 1. The van der Waals surface area contributed by atoms with Crippen LogP contribution in [0.5, 0.6) is 0 Å². The number of hydrogen-bond acceptors (Lipinski definition) is 3. The highest BCUT2D eigenvalue weighted by Crippen LogP contribution is 2.27. The first kappa shape index (κ1) is 18.3. The Bertz CT molecular complexity index is 645. The predicted molar refractivity (Wildman–Crippen MR) is 92.3 cm³/mol. The summed E-state index contributed by atoms with van der Waals surface area (Å²) in [6.45, 7) is 2.92. The van der Waals surface area contributed by atoms with E-state index in [-0.39, 0.29) is 10.9 Å². The molecular weight excluding hydrogens is 334 g/mol. The van der Waals surface area contributed by atoms with Crippen molar-refractivity contribution in [2.45, 2.75) is 68.1 Å². The minimum atomic E-state index is -3.79. The Hall–Kier alpha value is -1.07. The number of amides is 1. The van der Waals surface area contributed by atoms with E-state index in [2.05, 4.69) is 5.32 Å². The number of hydrogen-bond donors (Lipinski definition) is 1. The minimum absolute atomic E-state index is 0.0738. The lowest BCUT2D eigenvalue weighted by Crippen LogP contribution is -2.51. The van der Waals surface area contributed by atoms with Crippen LogP contribution in [0.2, 0.25) is 5.02 Å². The maximum atomic E-state index is 12.8. The summed E-state index contributed by atoms with van der Waals surface area (Å²) < 4.78 is 24.1. The topological polar surface area (TPSA) is 63.2 Å². The van der Waals surface area contributed by atoms with E-state index >= 15 is 0 Å². The summed E-state index contributed by atoms with van der Waals surface area (Å²) >= 11 is 5.81. The largest absolute Gasteiger partial charge is 0.352 e. The first-order valence-corrected chi connectivity index (χ1v) is 9.92. The zero-order chi connectivity index (χ0) is 17.1. The molecule has 1 amide bonds. The second kappa shape index (κ2) is 7.22. The molecule has 0 atom stereocenters. The van der Waals surface area contributed by atoms with Gasteiger partial charge in [-0.05, 0) is 51.0 Å². The van der Waals surface area contributed by atoms with E-state index in [1.807, 2.05) is 0 Å². The van der Waals surface area contributed by atoms with Gasteiger partial charge in [0.15, 0.2) is 9.84 Å². The maximum Gasteiger partial charge on any atom is 0.241 e. The third-order valence-corrected chi connectivity index (χ3v) is 7.21. The molecule has 23 heavy (non-hydrogen) atoms. The van der Waals surface area contributed by atoms with Crippen LogP contribution in [-0.2, 0) is 14.6 Å². The average Bonchev–Trinajstić information content (AvgIpc) is 2.76. The van der Waals surface area contributed by atoms with Crippen LogP contribution in [0.25, 0.3) is 0 Å². The summed E-state index contributed by atoms with van der Waals surface area (Å²) in [5.74, 6) is -0.431. The van der Waals surface area contributed by atoms with Crippen molar-refractivity contribution in [1.82, 2.24) is 5.32 Å². The van der Waals surface area contributed by atoms with Gasteiger partial charge in [-0.25, -0.2) is 8.42 Å². The molecule has 1 N–H and O–H groups in total. The first-order valence-electron chi connectivity index (χ1n) is 8.06. The van der Waals surface area contributed by atoms with Gasteiger partial charge in [-0.1, -0.05) is 37.3 Å². The monoisotopic (exact) mass is 357 g/mol. The molecule has 2 rings (SSSR count). The molecular formula is C17H24ClNO3S. The van der Waals surface area contributed by atoms with E-state index in [0.717, 1.165) is 25.7 Å². The standard InChI is InChI=1S/C17H24ClNO3S/c1-17(2,16(20)19-14-7-5-3-4-6-8-14)23(21,22)15-11-9-13(18)10-12-15/h9-12,14H,3-8H2,1-2H3,(H,19,20). The van der Waals surface area contributed by atoms with Gasteiger partial charge in [-0.15, -0.1) is 0 Å². The summed E-state index contributed by atoms with van der Waals surface area (Å²) in [6.07, 6.45) is 6.36. The molecule has 4 nitrogen and oxygen atoms in total. The van der Waals surface area contributed by atoms with Crippen molar-refractivity contribution in [3.63, 3.8) is 0 Å². The van der Waals surface area contributed by atoms with Crippen LogP contribution in [0.3, 0.4) is 0 Å². The van der Waals surface area contributed by atoms with E-state index < -0.39 is 20.5 Å². The Morgan fingerprint density at radius 2 is 1.61 bits per heavy atom. The lowest BCUT2D eigenvalue weighted by molar-refractivity contribution is -0.123. The van der Waals surface area contributed by atoms with Gasteiger partial charge >= 0.3 is 0 Å². The zero-order valence-corrected chi connectivity index (χ0v) is 15.2. The number of rotatable bonds is 4. The van der Waals surface area contributed by atoms with E-state index in [1.54, 1.807) is 0 Å². The molecule has 1 aliphatic carbocycles. The summed E-state index contributed by atoms with van der Waals surface area (Å²) in [6, 6.07) is 6.00. The van der Waals surface area contributed by atoms with Crippen molar-refractivity contribution in [3.05, 3.63) is 29.3 Å². The molecule has 0 radical (unpaired) electrons. The Labute approximate surface area is 143 Å². The van der Waals surface area contributed by atoms with Crippen molar-refractivity contribution in [3.8, 4) is 0 Å². The molecule has 1 fully saturated rings. The number of carbonyl (C=O) groups excluding carboxylic acids is 1.